The number of hydrogen-bond donors (Lipinski definition) is 0. The Labute approximate surface area is 83.9 Å². The monoisotopic (exact) mass is 439 g/mol. The Bertz CT molecular complexity index is 28.5. The van der Waals surface area contributed by atoms with E-state index in [1.165, 1.54) is 0 Å². The summed E-state index contributed by atoms with van der Waals surface area (Å²) in [6.45, 7) is 10.6. The predicted octanol–water partition coefficient (Wildman–Crippen LogP) is 3.48. The fourth-order valence-electron chi connectivity index (χ4n) is 0. The van der Waals surface area contributed by atoms with E-state index < -0.39 is 8.07 Å². The molecule has 0 saturated carbocycles. The molecule has 0 nitrogen and oxygen atoms in total. The van der Waals surface area contributed by atoms with Crippen LogP contribution in [0.3, 0.4) is 0 Å². The van der Waals surface area contributed by atoms with Gasteiger partial charge in [-0.25, -0.2) is 0 Å². The molecule has 0 rings (SSSR count). The number of halogens is 1. The Kier molecular flexibility index (Phi) is 30.7. The van der Waals surface area contributed by atoms with Crippen molar-refractivity contribution in [1.29, 1.82) is 0 Å². The molecule has 0 radical (unpaired) electrons. The van der Waals surface area contributed by atoms with Crippen LogP contribution >= 0.6 is 19.4 Å². The molecule has 0 saturated heterocycles. The molecule has 0 amide bonds. The van der Waals surface area contributed by atoms with Gasteiger partial charge in [0, 0.05) is 0 Å². The van der Waals surface area contributed by atoms with Crippen molar-refractivity contribution in [3.05, 3.63) is 21.4 Å². The first-order valence-corrected chi connectivity index (χ1v) is 12.1. The molecule has 0 unspecified atom stereocenters. The van der Waals surface area contributed by atoms with Crippen LogP contribution in [0.15, 0.2) is 0 Å². The molecule has 3 heteroatoms. The van der Waals surface area contributed by atoms with Crippen LogP contribution in [0.1, 0.15) is 0 Å². The van der Waals surface area contributed by atoms with Gasteiger partial charge < -0.3 is 21.4 Å². The van der Waals surface area contributed by atoms with Crippen molar-refractivity contribution in [3.8, 4) is 0 Å². The second-order valence-electron chi connectivity index (χ2n) is 2.56. The van der Waals surface area contributed by atoms with Crippen molar-refractivity contribution in [2.45, 2.75) is 19.6 Å². The predicted molar refractivity (Wildman–Crippen MR) is 55.6 cm³/mol. The first kappa shape index (κ1) is 22.4. The summed E-state index contributed by atoms with van der Waals surface area (Å²) in [5.41, 5.74) is 0. The Morgan fingerprint density at radius 1 is 1.11 bits per heavy atom. The molecule has 0 fully saturated rings. The normalized spacial score (nSPS) is 7.44. The van der Waals surface area contributed by atoms with E-state index in [1.807, 2.05) is 0 Å². The van der Waals surface area contributed by atoms with Gasteiger partial charge in [-0.15, -0.1) is 8.07 Å². The van der Waals surface area contributed by atoms with E-state index in [1.54, 1.807) is 0 Å². The van der Waals surface area contributed by atoms with E-state index in [0.29, 0.717) is 0 Å². The van der Waals surface area contributed by atoms with E-state index in [4.69, 9.17) is 0 Å². The Balaban J connectivity index is -0.0000000286. The molecule has 0 aliphatic rings. The zero-order valence-corrected chi connectivity index (χ0v) is 12.3. The van der Waals surface area contributed by atoms with Crippen LogP contribution in [0.25, 0.3) is 0 Å². The zero-order valence-electron chi connectivity index (χ0n) is 6.90. The van der Waals surface area contributed by atoms with Gasteiger partial charge in [-0.2, -0.15) is 0 Å². The van der Waals surface area contributed by atoms with Crippen molar-refractivity contribution in [2.24, 2.45) is 0 Å². The topological polar surface area (TPSA) is 0 Å². The van der Waals surface area contributed by atoms with Gasteiger partial charge in [0.25, 0.3) is 0 Å². The summed E-state index contributed by atoms with van der Waals surface area (Å²) in [5, 5.41) is 0. The van der Waals surface area contributed by atoms with E-state index in [0.717, 1.165) is 0 Å². The first-order valence-electron chi connectivity index (χ1n) is 1.97. The van der Waals surface area contributed by atoms with Crippen LogP contribution in [0.2, 0.25) is 19.6 Å². The van der Waals surface area contributed by atoms with Gasteiger partial charge in [-0.05, 0) is 0 Å². The Morgan fingerprint density at radius 3 is 1.11 bits per heavy atom. The van der Waals surface area contributed by atoms with Crippen LogP contribution in [0.5, 0.6) is 0 Å². The molecule has 9 heavy (non-hydrogen) atoms. The van der Waals surface area contributed by atoms with Crippen molar-refractivity contribution >= 4 is 27.4 Å². The fraction of sp³-hybridized carbons (Fsp3) is 0.500. The van der Waals surface area contributed by atoms with Gasteiger partial charge in [0.1, 0.15) is 0 Å². The van der Waals surface area contributed by atoms with Crippen LogP contribution in [-0.2, 0) is 16.1 Å². The summed E-state index contributed by atoms with van der Waals surface area (Å²) < 4.78 is 0. The van der Waals surface area contributed by atoms with Crippen LogP contribution in [-0.4, -0.2) is 8.07 Å². The van der Waals surface area contributed by atoms with Gasteiger partial charge in [0.05, 0.1) is 0 Å². The molecule has 0 aliphatic heterocycles. The van der Waals surface area contributed by atoms with Crippen LogP contribution in [0, 0.1) is 21.4 Å². The summed E-state index contributed by atoms with van der Waals surface area (Å²) in [5.74, 6) is 0. The van der Waals surface area contributed by atoms with Gasteiger partial charge in [0.15, 0.2) is 0 Å². The Morgan fingerprint density at radius 2 is 1.11 bits per heavy atom. The third kappa shape index (κ3) is 210. The van der Waals surface area contributed by atoms with Gasteiger partial charge >= 0.3 is 35.5 Å². The number of rotatable bonds is 0. The standard InChI is InChI=1S/C4H11Si.2CH3.HI.Pt/c1-5(2,3)4;;;;/h1H2,2-4H3;2*1H3;1H;/q3*-1;;+1/p-1. The second-order valence-corrected chi connectivity index (χ2v) is 7.68. The first-order chi connectivity index (χ1) is 3.00. The fourth-order valence-corrected chi connectivity index (χ4v) is 0. The average Bonchev–Trinajstić information content (AvgIpc) is 1.36. The molecular formula is C6H17IPtSi-3. The van der Waals surface area contributed by atoms with E-state index >= 15 is 0 Å². The molecule has 0 aromatic heterocycles. The maximum atomic E-state index is 3.91. The Hall–Kier alpha value is 1.64. The van der Waals surface area contributed by atoms with Crippen LogP contribution in [0.4, 0.5) is 0 Å². The van der Waals surface area contributed by atoms with E-state index in [2.05, 4.69) is 61.7 Å². The van der Waals surface area contributed by atoms with Crippen molar-refractivity contribution in [2.75, 3.05) is 0 Å². The molecule has 0 aromatic rings. The minimum atomic E-state index is -0.861. The average molecular weight is 439 g/mol. The molecule has 0 spiro atoms. The quantitative estimate of drug-likeness (QED) is 0.308. The maximum absolute atomic E-state index is 3.91. The zero-order chi connectivity index (χ0) is 6.50. The molecule has 0 heterocycles. The summed E-state index contributed by atoms with van der Waals surface area (Å²) in [7, 11) is -0.861. The van der Waals surface area contributed by atoms with Gasteiger partial charge in [0.2, 0.25) is 0 Å². The minimum absolute atomic E-state index is 0. The summed E-state index contributed by atoms with van der Waals surface area (Å²) in [6.07, 6.45) is 0. The molecule has 65 valence electrons. The third-order valence-corrected chi connectivity index (χ3v) is 0. The second kappa shape index (κ2) is 12.3. The molecular weight excluding hydrogens is 422 g/mol. The molecule has 0 aliphatic carbocycles. The number of hydrogen-bond acceptors (Lipinski definition) is 0. The molecule has 0 N–H and O–H groups in total. The summed E-state index contributed by atoms with van der Waals surface area (Å²) >= 11 is 4.23. The summed E-state index contributed by atoms with van der Waals surface area (Å²) in [4.78, 5) is 0. The molecule has 0 bridgehead atoms. The third-order valence-electron chi connectivity index (χ3n) is 0. The summed E-state index contributed by atoms with van der Waals surface area (Å²) in [6, 6.07) is 0. The van der Waals surface area contributed by atoms with Gasteiger partial charge in [-0.1, -0.05) is 19.6 Å². The van der Waals surface area contributed by atoms with Crippen molar-refractivity contribution < 1.29 is 16.1 Å². The van der Waals surface area contributed by atoms with E-state index in [9.17, 15) is 0 Å². The van der Waals surface area contributed by atoms with Crippen LogP contribution < -0.4 is 0 Å². The molecule has 0 aromatic carbocycles. The molecule has 0 atom stereocenters. The SMILES string of the molecule is [CH2-][Si](C)(C)C.[CH3-].[CH3-].[I][Pt]. The van der Waals surface area contributed by atoms with Crippen molar-refractivity contribution in [3.63, 3.8) is 0 Å². The van der Waals surface area contributed by atoms with E-state index in [-0.39, 0.29) is 14.9 Å². The van der Waals surface area contributed by atoms with Gasteiger partial charge in [-0.3, -0.25) is 0 Å². The van der Waals surface area contributed by atoms with Crippen molar-refractivity contribution in [1.82, 2.24) is 0 Å².